The molecule has 2 fully saturated rings. The number of fused-ring (bicyclic) bond motifs is 2. The second-order valence-electron chi connectivity index (χ2n) is 6.58. The number of amides is 1. The molecule has 2 saturated heterocycles. The first-order valence-electron chi connectivity index (χ1n) is 8.64. The van der Waals surface area contributed by atoms with Gasteiger partial charge in [-0.1, -0.05) is 30.3 Å². The molecule has 2 N–H and O–H groups in total. The molecule has 0 unspecified atom stereocenters. The lowest BCUT2D eigenvalue weighted by molar-refractivity contribution is -0.147. The molecule has 2 bridgehead atoms. The van der Waals surface area contributed by atoms with Crippen molar-refractivity contribution in [2.24, 2.45) is 11.8 Å². The third-order valence-corrected chi connectivity index (χ3v) is 4.98. The summed E-state index contributed by atoms with van der Waals surface area (Å²) in [5.41, 5.74) is 0.508. The van der Waals surface area contributed by atoms with Gasteiger partial charge in [-0.05, 0) is 37.1 Å². The van der Waals surface area contributed by atoms with Gasteiger partial charge in [0.25, 0.3) is 0 Å². The molecule has 26 heavy (non-hydrogen) atoms. The fourth-order valence-electron chi connectivity index (χ4n) is 3.82. The average molecular weight is 353 g/mol. The minimum Gasteiger partial charge on any atom is -0.481 e. The highest BCUT2D eigenvalue weighted by Crippen LogP contribution is 2.44. The van der Waals surface area contributed by atoms with Crippen LogP contribution in [0.1, 0.15) is 12.8 Å². The second kappa shape index (κ2) is 6.80. The number of aliphatic carboxylic acids is 1. The molecule has 134 valence electrons. The molecule has 0 aromatic heterocycles. The molecule has 2 aliphatic rings. The lowest BCUT2D eigenvalue weighted by Crippen LogP contribution is -2.40. The van der Waals surface area contributed by atoms with E-state index >= 15 is 0 Å². The van der Waals surface area contributed by atoms with E-state index in [2.05, 4.69) is 5.32 Å². The number of para-hydroxylation sites is 3. The first kappa shape index (κ1) is 16.6. The number of benzene rings is 2. The van der Waals surface area contributed by atoms with Crippen LogP contribution in [0.5, 0.6) is 11.5 Å². The molecule has 0 saturated carbocycles. The first-order valence-corrected chi connectivity index (χ1v) is 8.64. The molecule has 4 atom stereocenters. The van der Waals surface area contributed by atoms with Crippen LogP contribution in [0.25, 0.3) is 0 Å². The smallest absolute Gasteiger partial charge is 0.310 e. The van der Waals surface area contributed by atoms with Gasteiger partial charge in [0.05, 0.1) is 29.7 Å². The number of carboxylic acids is 1. The number of rotatable bonds is 5. The predicted octanol–water partition coefficient (Wildman–Crippen LogP) is 3.30. The molecule has 1 amide bonds. The van der Waals surface area contributed by atoms with Crippen molar-refractivity contribution in [2.75, 3.05) is 5.32 Å². The molecule has 2 aliphatic heterocycles. The summed E-state index contributed by atoms with van der Waals surface area (Å²) in [5, 5.41) is 12.3. The normalized spacial score (nSPS) is 26.5. The fraction of sp³-hybridized carbons (Fsp3) is 0.300. The number of ether oxygens (including phenoxy) is 2. The Balaban J connectivity index is 1.54. The monoisotopic (exact) mass is 353 g/mol. The first-order chi connectivity index (χ1) is 12.6. The van der Waals surface area contributed by atoms with Crippen LogP contribution in [-0.2, 0) is 14.3 Å². The molecule has 6 nitrogen and oxygen atoms in total. The van der Waals surface area contributed by atoms with Gasteiger partial charge >= 0.3 is 5.97 Å². The summed E-state index contributed by atoms with van der Waals surface area (Å²) in [6, 6.07) is 16.4. The minimum atomic E-state index is -0.980. The summed E-state index contributed by atoms with van der Waals surface area (Å²) >= 11 is 0. The van der Waals surface area contributed by atoms with Crippen molar-refractivity contribution in [3.8, 4) is 11.5 Å². The number of hydrogen-bond donors (Lipinski definition) is 2. The Morgan fingerprint density at radius 3 is 2.35 bits per heavy atom. The van der Waals surface area contributed by atoms with Crippen LogP contribution < -0.4 is 10.1 Å². The van der Waals surface area contributed by atoms with Crippen LogP contribution >= 0.6 is 0 Å². The zero-order valence-corrected chi connectivity index (χ0v) is 14.0. The van der Waals surface area contributed by atoms with Crippen LogP contribution in [-0.4, -0.2) is 29.2 Å². The van der Waals surface area contributed by atoms with E-state index in [0.717, 1.165) is 0 Å². The van der Waals surface area contributed by atoms with Crippen LogP contribution in [0, 0.1) is 11.8 Å². The average Bonchev–Trinajstić information content (AvgIpc) is 3.25. The van der Waals surface area contributed by atoms with Crippen LogP contribution in [0.3, 0.4) is 0 Å². The lowest BCUT2D eigenvalue weighted by atomic mass is 9.78. The van der Waals surface area contributed by atoms with Crippen LogP contribution in [0.4, 0.5) is 5.69 Å². The van der Waals surface area contributed by atoms with Crippen molar-refractivity contribution in [2.45, 2.75) is 25.0 Å². The topological polar surface area (TPSA) is 84.9 Å². The van der Waals surface area contributed by atoms with E-state index in [0.29, 0.717) is 30.0 Å². The molecule has 4 rings (SSSR count). The Morgan fingerprint density at radius 2 is 1.62 bits per heavy atom. The SMILES string of the molecule is O=C(O)[C@@H]1[C@H](C(=O)Nc2ccccc2Oc2ccccc2)[C@H]2CC[C@@H]1O2. The Labute approximate surface area is 150 Å². The Morgan fingerprint density at radius 1 is 0.962 bits per heavy atom. The molecule has 0 radical (unpaired) electrons. The van der Waals surface area contributed by atoms with Crippen molar-refractivity contribution < 1.29 is 24.2 Å². The third kappa shape index (κ3) is 3.04. The Kier molecular flexibility index (Phi) is 4.34. The number of hydrogen-bond acceptors (Lipinski definition) is 4. The summed E-state index contributed by atoms with van der Waals surface area (Å²) in [5.74, 6) is -1.64. The van der Waals surface area contributed by atoms with Gasteiger partial charge in [-0.15, -0.1) is 0 Å². The summed E-state index contributed by atoms with van der Waals surface area (Å²) in [4.78, 5) is 24.4. The van der Waals surface area contributed by atoms with E-state index in [9.17, 15) is 14.7 Å². The number of anilines is 1. The maximum absolute atomic E-state index is 12.8. The van der Waals surface area contributed by atoms with E-state index in [1.807, 2.05) is 36.4 Å². The largest absolute Gasteiger partial charge is 0.481 e. The van der Waals surface area contributed by atoms with E-state index in [1.54, 1.807) is 18.2 Å². The number of nitrogens with one attached hydrogen (secondary N) is 1. The van der Waals surface area contributed by atoms with Gasteiger partial charge < -0.3 is 19.9 Å². The van der Waals surface area contributed by atoms with Gasteiger partial charge in [-0.25, -0.2) is 0 Å². The van der Waals surface area contributed by atoms with Crippen molar-refractivity contribution in [1.82, 2.24) is 0 Å². The molecule has 0 spiro atoms. The summed E-state index contributed by atoms with van der Waals surface area (Å²) in [6.45, 7) is 0. The lowest BCUT2D eigenvalue weighted by Gasteiger charge is -2.24. The van der Waals surface area contributed by atoms with Crippen LogP contribution in [0.2, 0.25) is 0 Å². The van der Waals surface area contributed by atoms with E-state index in [-0.39, 0.29) is 18.1 Å². The predicted molar refractivity (Wildman–Crippen MR) is 94.1 cm³/mol. The van der Waals surface area contributed by atoms with E-state index in [4.69, 9.17) is 9.47 Å². The molecular weight excluding hydrogens is 334 g/mol. The van der Waals surface area contributed by atoms with Gasteiger partial charge in [0, 0.05) is 0 Å². The molecule has 6 heteroatoms. The summed E-state index contributed by atoms with van der Waals surface area (Å²) in [6.07, 6.45) is 0.709. The minimum absolute atomic E-state index is 0.330. The quantitative estimate of drug-likeness (QED) is 0.861. The maximum atomic E-state index is 12.8. The Hall–Kier alpha value is -2.86. The Bertz CT molecular complexity index is 822. The third-order valence-electron chi connectivity index (χ3n) is 4.98. The highest BCUT2D eigenvalue weighted by atomic mass is 16.5. The standard InChI is InChI=1S/C20H19NO5/c22-19(17-15-10-11-16(26-15)18(17)20(23)24)21-13-8-4-5-9-14(13)25-12-6-2-1-3-7-12/h1-9,15-18H,10-11H2,(H,21,22)(H,23,24)/t15-,16+,17-,18+/m1/s1. The number of carbonyl (C=O) groups excluding carboxylic acids is 1. The molecular formula is C20H19NO5. The van der Waals surface area contributed by atoms with Gasteiger partial charge in [-0.3, -0.25) is 9.59 Å². The van der Waals surface area contributed by atoms with Crippen molar-refractivity contribution in [3.63, 3.8) is 0 Å². The molecule has 2 heterocycles. The zero-order valence-electron chi connectivity index (χ0n) is 14.0. The van der Waals surface area contributed by atoms with Gasteiger partial charge in [-0.2, -0.15) is 0 Å². The van der Waals surface area contributed by atoms with E-state index in [1.165, 1.54) is 0 Å². The molecule has 2 aromatic rings. The van der Waals surface area contributed by atoms with Crippen molar-refractivity contribution in [3.05, 3.63) is 54.6 Å². The zero-order chi connectivity index (χ0) is 18.1. The maximum Gasteiger partial charge on any atom is 0.310 e. The van der Waals surface area contributed by atoms with Crippen molar-refractivity contribution in [1.29, 1.82) is 0 Å². The highest BCUT2D eigenvalue weighted by Gasteiger charge is 2.55. The number of carboxylic acid groups (broad SMARTS) is 1. The van der Waals surface area contributed by atoms with Gasteiger partial charge in [0.2, 0.25) is 5.91 Å². The molecule has 2 aromatic carbocycles. The summed E-state index contributed by atoms with van der Waals surface area (Å²) < 4.78 is 11.5. The van der Waals surface area contributed by atoms with Gasteiger partial charge in [0.1, 0.15) is 5.75 Å². The fourth-order valence-corrected chi connectivity index (χ4v) is 3.82. The van der Waals surface area contributed by atoms with E-state index < -0.39 is 17.8 Å². The van der Waals surface area contributed by atoms with Crippen LogP contribution in [0.15, 0.2) is 54.6 Å². The number of carbonyl (C=O) groups is 2. The highest BCUT2D eigenvalue weighted by molar-refractivity contribution is 5.97. The van der Waals surface area contributed by atoms with Crippen molar-refractivity contribution >= 4 is 17.6 Å². The summed E-state index contributed by atoms with van der Waals surface area (Å²) in [7, 11) is 0. The molecule has 0 aliphatic carbocycles. The van der Waals surface area contributed by atoms with Gasteiger partial charge in [0.15, 0.2) is 5.75 Å². The second-order valence-corrected chi connectivity index (χ2v) is 6.58.